The van der Waals surface area contributed by atoms with Crippen molar-refractivity contribution in [2.24, 2.45) is 13.0 Å². The number of rotatable bonds is 4. The van der Waals surface area contributed by atoms with Crippen molar-refractivity contribution in [3.05, 3.63) is 42.2 Å². The minimum atomic E-state index is -0.323. The van der Waals surface area contributed by atoms with Crippen molar-refractivity contribution in [1.29, 1.82) is 0 Å². The van der Waals surface area contributed by atoms with Gasteiger partial charge < -0.3 is 15.0 Å². The van der Waals surface area contributed by atoms with Crippen molar-refractivity contribution in [2.45, 2.75) is 18.9 Å². The molecule has 1 N–H and O–H groups in total. The molecule has 7 heteroatoms. The van der Waals surface area contributed by atoms with Crippen LogP contribution in [-0.4, -0.2) is 40.7 Å². The van der Waals surface area contributed by atoms with Gasteiger partial charge in [-0.05, 0) is 24.1 Å². The van der Waals surface area contributed by atoms with E-state index in [1.54, 1.807) is 43.2 Å². The second kappa shape index (κ2) is 6.96. The van der Waals surface area contributed by atoms with Crippen LogP contribution in [0.2, 0.25) is 0 Å². The molecule has 1 saturated heterocycles. The molecule has 7 nitrogen and oxygen atoms in total. The number of aryl methyl sites for hydroxylation is 1. The second-order valence-corrected chi connectivity index (χ2v) is 6.26. The molecular formula is C18H22N4O3. The Morgan fingerprint density at radius 2 is 2.00 bits per heavy atom. The SMILES string of the molecule is COc1ccc(C2C(C(=O)Nc3cnn(C)c3)CCC(=O)N2C)cc1. The zero-order chi connectivity index (χ0) is 18.0. The van der Waals surface area contributed by atoms with Crippen molar-refractivity contribution in [3.8, 4) is 5.75 Å². The van der Waals surface area contributed by atoms with Crippen molar-refractivity contribution in [3.63, 3.8) is 0 Å². The second-order valence-electron chi connectivity index (χ2n) is 6.26. The molecule has 0 saturated carbocycles. The molecule has 2 aromatic rings. The normalized spacial score (nSPS) is 20.4. The first-order chi connectivity index (χ1) is 12.0. The van der Waals surface area contributed by atoms with Gasteiger partial charge in [-0.15, -0.1) is 0 Å². The number of benzene rings is 1. The van der Waals surface area contributed by atoms with E-state index in [0.29, 0.717) is 18.5 Å². The first-order valence-electron chi connectivity index (χ1n) is 8.18. The van der Waals surface area contributed by atoms with Gasteiger partial charge in [0.05, 0.1) is 31.0 Å². The summed E-state index contributed by atoms with van der Waals surface area (Å²) in [6, 6.07) is 7.20. The Morgan fingerprint density at radius 1 is 1.28 bits per heavy atom. The van der Waals surface area contributed by atoms with E-state index in [1.807, 2.05) is 24.3 Å². The third-order valence-electron chi connectivity index (χ3n) is 4.63. The molecule has 2 heterocycles. The fourth-order valence-corrected chi connectivity index (χ4v) is 3.29. The van der Waals surface area contributed by atoms with Crippen LogP contribution in [-0.2, 0) is 16.6 Å². The molecule has 1 aromatic heterocycles. The number of nitrogens with one attached hydrogen (secondary N) is 1. The Kier molecular flexibility index (Phi) is 4.74. The lowest BCUT2D eigenvalue weighted by molar-refractivity contribution is -0.140. The Bertz CT molecular complexity index is 769. The molecular weight excluding hydrogens is 320 g/mol. The minimum absolute atomic E-state index is 0.0474. The highest BCUT2D eigenvalue weighted by molar-refractivity contribution is 5.94. The molecule has 1 aliphatic heterocycles. The van der Waals surface area contributed by atoms with Crippen LogP contribution in [0.1, 0.15) is 24.4 Å². The Balaban J connectivity index is 1.86. The topological polar surface area (TPSA) is 76.5 Å². The van der Waals surface area contributed by atoms with Crippen molar-refractivity contribution in [2.75, 3.05) is 19.5 Å². The maximum Gasteiger partial charge on any atom is 0.230 e. The van der Waals surface area contributed by atoms with Crippen molar-refractivity contribution < 1.29 is 14.3 Å². The third-order valence-corrected chi connectivity index (χ3v) is 4.63. The summed E-state index contributed by atoms with van der Waals surface area (Å²) in [6.07, 6.45) is 4.25. The number of carbonyl (C=O) groups is 2. The lowest BCUT2D eigenvalue weighted by Gasteiger charge is -2.38. The van der Waals surface area contributed by atoms with E-state index in [0.717, 1.165) is 11.3 Å². The van der Waals surface area contributed by atoms with Crippen LogP contribution in [0.5, 0.6) is 5.75 Å². The molecule has 2 atom stereocenters. The van der Waals surface area contributed by atoms with Gasteiger partial charge in [0.25, 0.3) is 0 Å². The van der Waals surface area contributed by atoms with Crippen LogP contribution >= 0.6 is 0 Å². The molecule has 25 heavy (non-hydrogen) atoms. The number of anilines is 1. The van der Waals surface area contributed by atoms with Crippen LogP contribution in [0.15, 0.2) is 36.7 Å². The monoisotopic (exact) mass is 342 g/mol. The molecule has 0 spiro atoms. The maximum absolute atomic E-state index is 12.8. The first-order valence-corrected chi connectivity index (χ1v) is 8.18. The van der Waals surface area contributed by atoms with Gasteiger partial charge in [0.15, 0.2) is 0 Å². The maximum atomic E-state index is 12.8. The number of likely N-dealkylation sites (tertiary alicyclic amines) is 1. The van der Waals surface area contributed by atoms with Gasteiger partial charge in [0, 0.05) is 26.7 Å². The van der Waals surface area contributed by atoms with Gasteiger partial charge in [-0.3, -0.25) is 14.3 Å². The van der Waals surface area contributed by atoms with Crippen LogP contribution in [0.3, 0.4) is 0 Å². The number of aromatic nitrogens is 2. The van der Waals surface area contributed by atoms with Crippen molar-refractivity contribution >= 4 is 17.5 Å². The summed E-state index contributed by atoms with van der Waals surface area (Å²) in [4.78, 5) is 26.7. The summed E-state index contributed by atoms with van der Waals surface area (Å²) in [5, 5.41) is 6.97. The Hall–Kier alpha value is -2.83. The van der Waals surface area contributed by atoms with Gasteiger partial charge in [-0.25, -0.2) is 0 Å². The predicted octanol–water partition coefficient (Wildman–Crippen LogP) is 1.98. The van der Waals surface area contributed by atoms with E-state index in [-0.39, 0.29) is 23.8 Å². The van der Waals surface area contributed by atoms with Gasteiger partial charge in [0.2, 0.25) is 11.8 Å². The fraction of sp³-hybridized carbons (Fsp3) is 0.389. The largest absolute Gasteiger partial charge is 0.497 e. The van der Waals surface area contributed by atoms with Crippen LogP contribution in [0, 0.1) is 5.92 Å². The number of hydrogen-bond donors (Lipinski definition) is 1. The molecule has 2 unspecified atom stereocenters. The highest BCUT2D eigenvalue weighted by Crippen LogP contribution is 2.37. The zero-order valence-electron chi connectivity index (χ0n) is 14.6. The molecule has 3 rings (SSSR count). The van der Waals surface area contributed by atoms with Crippen LogP contribution in [0.4, 0.5) is 5.69 Å². The number of piperidine rings is 1. The van der Waals surface area contributed by atoms with E-state index in [2.05, 4.69) is 10.4 Å². The summed E-state index contributed by atoms with van der Waals surface area (Å²) in [5.74, 6) is 0.362. The van der Waals surface area contributed by atoms with E-state index < -0.39 is 0 Å². The average molecular weight is 342 g/mol. The Morgan fingerprint density at radius 3 is 2.60 bits per heavy atom. The van der Waals surface area contributed by atoms with Crippen LogP contribution < -0.4 is 10.1 Å². The summed E-state index contributed by atoms with van der Waals surface area (Å²) < 4.78 is 6.82. The first kappa shape index (κ1) is 17.0. The van der Waals surface area contributed by atoms with E-state index in [4.69, 9.17) is 4.74 Å². The molecule has 0 radical (unpaired) electrons. The molecule has 0 aliphatic carbocycles. The Labute approximate surface area is 146 Å². The smallest absolute Gasteiger partial charge is 0.230 e. The summed E-state index contributed by atoms with van der Waals surface area (Å²) in [5.41, 5.74) is 1.57. The highest BCUT2D eigenvalue weighted by atomic mass is 16.5. The van der Waals surface area contributed by atoms with Gasteiger partial charge in [-0.2, -0.15) is 5.10 Å². The summed E-state index contributed by atoms with van der Waals surface area (Å²) in [7, 11) is 5.15. The molecule has 1 fully saturated rings. The average Bonchev–Trinajstić information content (AvgIpc) is 3.02. The standard InChI is InChI=1S/C18H22N4O3/c1-21-11-13(10-19-21)20-18(24)15-8-9-16(23)22(2)17(15)12-4-6-14(25-3)7-5-12/h4-7,10-11,15,17H,8-9H2,1-3H3,(H,20,24). The van der Waals surface area contributed by atoms with Gasteiger partial charge in [0.1, 0.15) is 5.75 Å². The number of amides is 2. The summed E-state index contributed by atoms with van der Waals surface area (Å²) in [6.45, 7) is 0. The predicted molar refractivity (Wildman–Crippen MR) is 93.1 cm³/mol. The van der Waals surface area contributed by atoms with E-state index in [9.17, 15) is 9.59 Å². The van der Waals surface area contributed by atoms with E-state index >= 15 is 0 Å². The lowest BCUT2D eigenvalue weighted by Crippen LogP contribution is -2.44. The number of methoxy groups -OCH3 is 1. The zero-order valence-corrected chi connectivity index (χ0v) is 14.6. The number of ether oxygens (including phenoxy) is 1. The number of carbonyl (C=O) groups excluding carboxylic acids is 2. The van der Waals surface area contributed by atoms with Crippen molar-refractivity contribution in [1.82, 2.24) is 14.7 Å². The number of hydrogen-bond acceptors (Lipinski definition) is 4. The molecule has 132 valence electrons. The van der Waals surface area contributed by atoms with Gasteiger partial charge in [-0.1, -0.05) is 12.1 Å². The molecule has 1 aromatic carbocycles. The molecule has 2 amide bonds. The van der Waals surface area contributed by atoms with Gasteiger partial charge >= 0.3 is 0 Å². The number of nitrogens with zero attached hydrogens (tertiary/aromatic N) is 3. The molecule has 1 aliphatic rings. The minimum Gasteiger partial charge on any atom is -0.497 e. The highest BCUT2D eigenvalue weighted by Gasteiger charge is 2.38. The van der Waals surface area contributed by atoms with E-state index in [1.165, 1.54) is 0 Å². The third kappa shape index (κ3) is 3.50. The fourth-order valence-electron chi connectivity index (χ4n) is 3.29. The summed E-state index contributed by atoms with van der Waals surface area (Å²) >= 11 is 0. The molecule has 0 bridgehead atoms. The van der Waals surface area contributed by atoms with Crippen LogP contribution in [0.25, 0.3) is 0 Å². The lowest BCUT2D eigenvalue weighted by atomic mass is 9.84. The quantitative estimate of drug-likeness (QED) is 0.922.